The minimum atomic E-state index is -3.99. The van der Waals surface area contributed by atoms with E-state index in [-0.39, 0.29) is 40.2 Å². The average molecular weight is 319 g/mol. The topological polar surface area (TPSA) is 105 Å². The number of rotatable bonds is 3. The van der Waals surface area contributed by atoms with E-state index < -0.39 is 16.0 Å². The van der Waals surface area contributed by atoms with Gasteiger partial charge in [-0.05, 0) is 13.0 Å². The van der Waals surface area contributed by atoms with E-state index in [9.17, 15) is 18.3 Å². The normalized spacial score (nSPS) is 15.8. The number of hydrogen-bond acceptors (Lipinski definition) is 6. The highest BCUT2D eigenvalue weighted by molar-refractivity contribution is 7.90. The molecule has 0 amide bonds. The molecule has 0 aliphatic carbocycles. The number of esters is 1. The molecule has 2 N–H and O–H groups in total. The molecule has 0 saturated heterocycles. The highest BCUT2D eigenvalue weighted by Crippen LogP contribution is 2.35. The van der Waals surface area contributed by atoms with Crippen LogP contribution >= 0.6 is 11.6 Å². The summed E-state index contributed by atoms with van der Waals surface area (Å²) in [5, 5.41) is 12.1. The van der Waals surface area contributed by atoms with E-state index in [2.05, 4.69) is 9.71 Å². The van der Waals surface area contributed by atoms with Gasteiger partial charge in [0.2, 0.25) is 0 Å². The van der Waals surface area contributed by atoms with Crippen molar-refractivity contribution in [3.05, 3.63) is 17.2 Å². The third-order valence-corrected chi connectivity index (χ3v) is 4.11. The Kier molecular flexibility index (Phi) is 3.87. The second kappa shape index (κ2) is 5.29. The minimum Gasteiger partial charge on any atom is -0.506 e. The number of hydrogen-bond donors (Lipinski definition) is 2. The quantitative estimate of drug-likeness (QED) is 0.646. The number of aromatic hydroxyl groups is 1. The Labute approximate surface area is 120 Å². The molecule has 1 aliphatic rings. The highest BCUT2D eigenvalue weighted by atomic mass is 35.5. The van der Waals surface area contributed by atoms with Crippen molar-refractivity contribution in [2.75, 3.05) is 11.9 Å². The molecular weight excluding hydrogens is 308 g/mol. The van der Waals surface area contributed by atoms with Crippen molar-refractivity contribution < 1.29 is 23.1 Å². The lowest BCUT2D eigenvalue weighted by Gasteiger charge is -2.18. The molecule has 0 saturated carbocycles. The summed E-state index contributed by atoms with van der Waals surface area (Å²) >= 11 is 5.73. The molecule has 1 heterocycles. The summed E-state index contributed by atoms with van der Waals surface area (Å²) < 4.78 is 32.1. The van der Waals surface area contributed by atoms with Gasteiger partial charge in [-0.1, -0.05) is 11.6 Å². The third kappa shape index (κ3) is 2.86. The van der Waals surface area contributed by atoms with Gasteiger partial charge in [-0.25, -0.2) is 0 Å². The molecule has 9 heteroatoms. The van der Waals surface area contributed by atoms with Gasteiger partial charge >= 0.3 is 5.97 Å². The lowest BCUT2D eigenvalue weighted by molar-refractivity contribution is -0.141. The number of anilines is 1. The third-order valence-electron chi connectivity index (χ3n) is 2.45. The van der Waals surface area contributed by atoms with Gasteiger partial charge in [0.15, 0.2) is 0 Å². The predicted octanol–water partition coefficient (Wildman–Crippen LogP) is 1.51. The van der Waals surface area contributed by atoms with Gasteiger partial charge in [-0.2, -0.15) is 8.42 Å². The van der Waals surface area contributed by atoms with Crippen molar-refractivity contribution in [2.24, 2.45) is 4.40 Å². The number of fused-ring (bicyclic) bond motifs is 1. The zero-order valence-electron chi connectivity index (χ0n) is 10.4. The van der Waals surface area contributed by atoms with Crippen LogP contribution in [0.1, 0.15) is 13.3 Å². The maximum atomic E-state index is 12.0. The monoisotopic (exact) mass is 318 g/mol. The van der Waals surface area contributed by atoms with Crippen LogP contribution in [0, 0.1) is 0 Å². The minimum absolute atomic E-state index is 0.0103. The largest absolute Gasteiger partial charge is 0.506 e. The van der Waals surface area contributed by atoms with Crippen LogP contribution in [0.15, 0.2) is 21.4 Å². The molecule has 0 aromatic heterocycles. The predicted molar refractivity (Wildman–Crippen MR) is 72.6 cm³/mol. The fourth-order valence-corrected chi connectivity index (χ4v) is 2.96. The summed E-state index contributed by atoms with van der Waals surface area (Å²) in [7, 11) is -3.99. The fraction of sp³-hybridized carbons (Fsp3) is 0.273. The summed E-state index contributed by atoms with van der Waals surface area (Å²) in [6, 6.07) is 2.26. The zero-order valence-corrected chi connectivity index (χ0v) is 12.0. The Bertz CT molecular complexity index is 699. The molecule has 1 aromatic carbocycles. The van der Waals surface area contributed by atoms with Gasteiger partial charge in [0.25, 0.3) is 10.0 Å². The van der Waals surface area contributed by atoms with E-state index in [4.69, 9.17) is 16.3 Å². The molecule has 108 valence electrons. The number of carbonyl (C=O) groups excluding carboxylic acids is 1. The van der Waals surface area contributed by atoms with E-state index in [0.717, 1.165) is 6.07 Å². The van der Waals surface area contributed by atoms with Crippen LogP contribution in [-0.4, -0.2) is 31.9 Å². The van der Waals surface area contributed by atoms with Gasteiger partial charge in [-0.3, -0.25) is 4.79 Å². The summed E-state index contributed by atoms with van der Waals surface area (Å²) in [5.41, 5.74) is 0.155. The van der Waals surface area contributed by atoms with Gasteiger partial charge in [0.1, 0.15) is 22.9 Å². The standard InChI is InChI=1S/C11H11ClN2O5S/c1-2-19-11(16)5-10-13-7-3-6(12)8(15)4-9(7)20(17,18)14-10/h3-4,15H,2,5H2,1H3,(H,13,14). The number of carbonyl (C=O) groups is 1. The SMILES string of the molecule is CCOC(=O)CC1=NS(=O)(=O)c2cc(O)c(Cl)cc2N1. The molecule has 0 radical (unpaired) electrons. The summed E-state index contributed by atoms with van der Waals surface area (Å²) in [6.45, 7) is 1.83. The molecule has 20 heavy (non-hydrogen) atoms. The van der Waals surface area contributed by atoms with Gasteiger partial charge in [0, 0.05) is 6.07 Å². The van der Waals surface area contributed by atoms with Crippen molar-refractivity contribution in [3.8, 4) is 5.75 Å². The van der Waals surface area contributed by atoms with Gasteiger partial charge in [0.05, 0.1) is 17.3 Å². The number of nitrogens with one attached hydrogen (secondary N) is 1. The van der Waals surface area contributed by atoms with Crippen LogP contribution in [-0.2, 0) is 19.6 Å². The smallest absolute Gasteiger partial charge is 0.313 e. The van der Waals surface area contributed by atoms with Crippen molar-refractivity contribution in [2.45, 2.75) is 18.2 Å². The first-order valence-corrected chi connectivity index (χ1v) is 7.44. The lowest BCUT2D eigenvalue weighted by Crippen LogP contribution is -2.24. The number of sulfonamides is 1. The zero-order chi connectivity index (χ0) is 14.9. The second-order valence-electron chi connectivity index (χ2n) is 3.92. The van der Waals surface area contributed by atoms with E-state index in [0.29, 0.717) is 0 Å². The lowest BCUT2D eigenvalue weighted by atomic mass is 10.2. The molecular formula is C11H11ClN2O5S. The maximum Gasteiger partial charge on any atom is 0.313 e. The number of phenols is 1. The molecule has 0 unspecified atom stereocenters. The number of benzene rings is 1. The average Bonchev–Trinajstić information content (AvgIpc) is 2.31. The second-order valence-corrected chi connectivity index (χ2v) is 5.90. The van der Waals surface area contributed by atoms with Crippen LogP contribution in [0.2, 0.25) is 5.02 Å². The van der Waals surface area contributed by atoms with Crippen molar-refractivity contribution >= 4 is 39.1 Å². The fourth-order valence-electron chi connectivity index (χ4n) is 1.65. The number of phenolic OH excluding ortho intramolecular Hbond substituents is 1. The maximum absolute atomic E-state index is 12.0. The number of halogens is 1. The molecule has 1 aromatic rings. The Morgan fingerprint density at radius 3 is 2.85 bits per heavy atom. The van der Waals surface area contributed by atoms with E-state index in [1.165, 1.54) is 6.07 Å². The van der Waals surface area contributed by atoms with Crippen LogP contribution < -0.4 is 5.32 Å². The van der Waals surface area contributed by atoms with Crippen LogP contribution in [0.3, 0.4) is 0 Å². The molecule has 0 fully saturated rings. The molecule has 0 spiro atoms. The molecule has 0 atom stereocenters. The number of amidine groups is 1. The Hall–Kier alpha value is -1.80. The van der Waals surface area contributed by atoms with Gasteiger partial charge < -0.3 is 15.2 Å². The Morgan fingerprint density at radius 1 is 1.50 bits per heavy atom. The van der Waals surface area contributed by atoms with E-state index >= 15 is 0 Å². The summed E-state index contributed by atoms with van der Waals surface area (Å²) in [4.78, 5) is 11.1. The molecule has 1 aliphatic heterocycles. The highest BCUT2D eigenvalue weighted by Gasteiger charge is 2.27. The van der Waals surface area contributed by atoms with Crippen molar-refractivity contribution in [3.63, 3.8) is 0 Å². The molecule has 7 nitrogen and oxygen atoms in total. The van der Waals surface area contributed by atoms with Crippen molar-refractivity contribution in [1.29, 1.82) is 0 Å². The Morgan fingerprint density at radius 2 is 2.20 bits per heavy atom. The van der Waals surface area contributed by atoms with E-state index in [1.54, 1.807) is 6.92 Å². The molecule has 0 bridgehead atoms. The summed E-state index contributed by atoms with van der Waals surface area (Å²) in [6.07, 6.45) is -0.301. The van der Waals surface area contributed by atoms with Gasteiger partial charge in [-0.15, -0.1) is 4.40 Å². The molecule has 2 rings (SSSR count). The number of ether oxygens (including phenoxy) is 1. The van der Waals surface area contributed by atoms with Crippen LogP contribution in [0.5, 0.6) is 5.75 Å². The van der Waals surface area contributed by atoms with Crippen molar-refractivity contribution in [1.82, 2.24) is 0 Å². The van der Waals surface area contributed by atoms with E-state index in [1.807, 2.05) is 0 Å². The first-order chi connectivity index (χ1) is 9.33. The summed E-state index contributed by atoms with van der Waals surface area (Å²) in [5.74, 6) is -1.01. The number of nitrogens with zero attached hydrogens (tertiary/aromatic N) is 1. The first kappa shape index (κ1) is 14.6. The van der Waals surface area contributed by atoms with Crippen LogP contribution in [0.4, 0.5) is 5.69 Å². The first-order valence-electron chi connectivity index (χ1n) is 5.62. The van der Waals surface area contributed by atoms with Crippen LogP contribution in [0.25, 0.3) is 0 Å². The Balaban J connectivity index is 2.37.